The molecule has 1 saturated heterocycles. The Morgan fingerprint density at radius 1 is 1.17 bits per heavy atom. The highest BCUT2D eigenvalue weighted by molar-refractivity contribution is 6.06. The van der Waals surface area contributed by atoms with Gasteiger partial charge in [-0.2, -0.15) is 5.10 Å². The zero-order valence-electron chi connectivity index (χ0n) is 17.2. The van der Waals surface area contributed by atoms with E-state index in [1.807, 2.05) is 25.7 Å². The molecule has 158 valence electrons. The van der Waals surface area contributed by atoms with Crippen LogP contribution in [0.3, 0.4) is 0 Å². The van der Waals surface area contributed by atoms with E-state index in [2.05, 4.69) is 15.5 Å². The number of hydrogen-bond donors (Lipinski definition) is 2. The van der Waals surface area contributed by atoms with Crippen molar-refractivity contribution < 1.29 is 18.3 Å². The van der Waals surface area contributed by atoms with Crippen LogP contribution in [0.15, 0.2) is 30.3 Å². The Morgan fingerprint density at radius 2 is 1.90 bits per heavy atom. The fourth-order valence-electron chi connectivity index (χ4n) is 3.54. The van der Waals surface area contributed by atoms with Crippen molar-refractivity contribution in [2.75, 3.05) is 31.2 Å². The summed E-state index contributed by atoms with van der Waals surface area (Å²) in [4.78, 5) is 14.6. The number of carbonyl (C=O) groups excluding carboxylic acids is 1. The third kappa shape index (κ3) is 4.00. The Kier molecular flexibility index (Phi) is 5.19. The van der Waals surface area contributed by atoms with Gasteiger partial charge in [0.25, 0.3) is 5.91 Å². The Labute approximate surface area is 173 Å². The largest absolute Gasteiger partial charge is 0.378 e. The number of H-pyrrole nitrogens is 1. The minimum absolute atomic E-state index is 0.141. The van der Waals surface area contributed by atoms with E-state index in [1.54, 1.807) is 24.3 Å². The van der Waals surface area contributed by atoms with Crippen LogP contribution >= 0.6 is 0 Å². The molecule has 2 aromatic carbocycles. The molecule has 1 aromatic heterocycles. The Bertz CT molecular complexity index is 1100. The number of amides is 1. The van der Waals surface area contributed by atoms with Gasteiger partial charge in [0.15, 0.2) is 17.3 Å². The highest BCUT2D eigenvalue weighted by Crippen LogP contribution is 2.32. The molecule has 2 N–H and O–H groups in total. The highest BCUT2D eigenvalue weighted by Gasteiger charge is 2.22. The summed E-state index contributed by atoms with van der Waals surface area (Å²) in [7, 11) is 0. The number of morpholine rings is 1. The van der Waals surface area contributed by atoms with Crippen molar-refractivity contribution in [2.45, 2.75) is 26.3 Å². The van der Waals surface area contributed by atoms with Crippen molar-refractivity contribution in [3.05, 3.63) is 47.7 Å². The minimum Gasteiger partial charge on any atom is -0.378 e. The van der Waals surface area contributed by atoms with Crippen molar-refractivity contribution in [2.24, 2.45) is 0 Å². The van der Waals surface area contributed by atoms with Crippen LogP contribution in [0.2, 0.25) is 0 Å². The zero-order valence-corrected chi connectivity index (χ0v) is 17.2. The first-order chi connectivity index (χ1) is 14.2. The van der Waals surface area contributed by atoms with Crippen LogP contribution in [-0.4, -0.2) is 47.9 Å². The van der Waals surface area contributed by atoms with Gasteiger partial charge < -0.3 is 15.0 Å². The fourth-order valence-corrected chi connectivity index (χ4v) is 3.54. The molecule has 0 atom stereocenters. The van der Waals surface area contributed by atoms with Crippen molar-refractivity contribution in [1.29, 1.82) is 0 Å². The molecule has 30 heavy (non-hydrogen) atoms. The maximum absolute atomic E-state index is 14.7. The van der Waals surface area contributed by atoms with Crippen molar-refractivity contribution in [3.63, 3.8) is 0 Å². The van der Waals surface area contributed by atoms with Gasteiger partial charge in [-0.05, 0) is 44.5 Å². The van der Waals surface area contributed by atoms with Crippen LogP contribution in [0.25, 0.3) is 22.0 Å². The molecular weight excluding hydrogens is 390 g/mol. The van der Waals surface area contributed by atoms with Gasteiger partial charge in [0, 0.05) is 41.3 Å². The summed E-state index contributed by atoms with van der Waals surface area (Å²) in [6.07, 6.45) is 0. The van der Waals surface area contributed by atoms with E-state index in [0.717, 1.165) is 0 Å². The van der Waals surface area contributed by atoms with Gasteiger partial charge in [0.2, 0.25) is 0 Å². The maximum atomic E-state index is 14.7. The molecule has 0 aliphatic carbocycles. The smallest absolute Gasteiger partial charge is 0.272 e. The lowest BCUT2D eigenvalue weighted by Gasteiger charge is -2.29. The van der Waals surface area contributed by atoms with Crippen molar-refractivity contribution in [1.82, 2.24) is 15.5 Å². The molecule has 0 bridgehead atoms. The van der Waals surface area contributed by atoms with Gasteiger partial charge in [0.1, 0.15) is 0 Å². The number of fused-ring (bicyclic) bond motifs is 1. The topological polar surface area (TPSA) is 70.2 Å². The van der Waals surface area contributed by atoms with Gasteiger partial charge in [-0.3, -0.25) is 9.89 Å². The lowest BCUT2D eigenvalue weighted by molar-refractivity contribution is 0.0916. The number of benzene rings is 2. The SMILES string of the molecule is CC(C)(C)NC(=O)c1n[nH]c2ccc(-c3cc(N4CCOCC4)cc(F)c3F)cc12. The molecule has 1 fully saturated rings. The lowest BCUT2D eigenvalue weighted by Crippen LogP contribution is -2.40. The van der Waals surface area contributed by atoms with Crippen LogP contribution in [-0.2, 0) is 4.74 Å². The summed E-state index contributed by atoms with van der Waals surface area (Å²) in [6.45, 7) is 7.94. The number of aromatic nitrogens is 2. The summed E-state index contributed by atoms with van der Waals surface area (Å²) in [5.41, 5.74) is 1.64. The van der Waals surface area contributed by atoms with E-state index in [-0.39, 0.29) is 17.2 Å². The van der Waals surface area contributed by atoms with Crippen LogP contribution in [0.5, 0.6) is 0 Å². The van der Waals surface area contributed by atoms with Crippen LogP contribution in [0, 0.1) is 11.6 Å². The quantitative estimate of drug-likeness (QED) is 0.683. The molecule has 1 aliphatic rings. The second kappa shape index (κ2) is 7.68. The van der Waals surface area contributed by atoms with E-state index in [9.17, 15) is 13.6 Å². The molecule has 3 aromatic rings. The Morgan fingerprint density at radius 3 is 2.60 bits per heavy atom. The average Bonchev–Trinajstić information content (AvgIpc) is 3.12. The number of aromatic amines is 1. The molecule has 0 unspecified atom stereocenters. The van der Waals surface area contributed by atoms with Gasteiger partial charge in [-0.15, -0.1) is 0 Å². The second-order valence-corrected chi connectivity index (χ2v) is 8.43. The summed E-state index contributed by atoms with van der Waals surface area (Å²) in [5.74, 6) is -2.16. The summed E-state index contributed by atoms with van der Waals surface area (Å²) >= 11 is 0. The molecule has 0 saturated carbocycles. The standard InChI is InChI=1S/C22H24F2N4O2/c1-22(2,3)25-21(29)20-16-10-13(4-5-18(16)26-27-20)15-11-14(12-17(23)19(15)24)28-6-8-30-9-7-28/h4-5,10-12H,6-9H2,1-3H3,(H,25,29)(H,26,27). The molecule has 6 nitrogen and oxygen atoms in total. The summed E-state index contributed by atoms with van der Waals surface area (Å²) < 4.78 is 34.5. The van der Waals surface area contributed by atoms with Crippen molar-refractivity contribution in [3.8, 4) is 11.1 Å². The number of ether oxygens (including phenoxy) is 1. The number of hydrogen-bond acceptors (Lipinski definition) is 4. The van der Waals surface area contributed by atoms with E-state index in [4.69, 9.17) is 4.74 Å². The van der Waals surface area contributed by atoms with Crippen molar-refractivity contribution >= 4 is 22.5 Å². The molecule has 8 heteroatoms. The van der Waals surface area contributed by atoms with E-state index >= 15 is 0 Å². The number of halogens is 2. The Balaban J connectivity index is 1.77. The summed E-state index contributed by atoms with van der Waals surface area (Å²) in [6, 6.07) is 7.91. The van der Waals surface area contributed by atoms with Gasteiger partial charge in [0.05, 0.1) is 18.7 Å². The van der Waals surface area contributed by atoms with Crippen LogP contribution in [0.1, 0.15) is 31.3 Å². The predicted octanol–water partition coefficient (Wildman–Crippen LogP) is 3.87. The number of rotatable bonds is 3. The maximum Gasteiger partial charge on any atom is 0.272 e. The van der Waals surface area contributed by atoms with Gasteiger partial charge >= 0.3 is 0 Å². The lowest BCUT2D eigenvalue weighted by atomic mass is 10.0. The zero-order chi connectivity index (χ0) is 21.5. The van der Waals surface area contributed by atoms with Crippen LogP contribution in [0.4, 0.5) is 14.5 Å². The monoisotopic (exact) mass is 414 g/mol. The highest BCUT2D eigenvalue weighted by atomic mass is 19.2. The predicted molar refractivity (Wildman–Crippen MR) is 112 cm³/mol. The van der Waals surface area contributed by atoms with E-state index in [0.29, 0.717) is 48.5 Å². The molecule has 4 rings (SSSR count). The molecular formula is C22H24F2N4O2. The van der Waals surface area contributed by atoms with E-state index in [1.165, 1.54) is 6.07 Å². The number of nitrogens with one attached hydrogen (secondary N) is 2. The molecule has 1 amide bonds. The third-order valence-corrected chi connectivity index (χ3v) is 4.97. The summed E-state index contributed by atoms with van der Waals surface area (Å²) in [5, 5.41) is 10.4. The minimum atomic E-state index is -0.921. The number of anilines is 1. The number of nitrogens with zero attached hydrogens (tertiary/aromatic N) is 2. The van der Waals surface area contributed by atoms with E-state index < -0.39 is 17.2 Å². The normalized spacial score (nSPS) is 14.9. The fraction of sp³-hybridized carbons (Fsp3) is 0.364. The molecule has 0 spiro atoms. The Hall–Kier alpha value is -3.00. The van der Waals surface area contributed by atoms with Crippen LogP contribution < -0.4 is 10.2 Å². The first-order valence-electron chi connectivity index (χ1n) is 9.86. The average molecular weight is 414 g/mol. The molecule has 1 aliphatic heterocycles. The number of carbonyl (C=O) groups is 1. The van der Waals surface area contributed by atoms with Gasteiger partial charge in [-0.1, -0.05) is 6.07 Å². The first-order valence-corrected chi connectivity index (χ1v) is 9.86. The molecule has 2 heterocycles. The third-order valence-electron chi connectivity index (χ3n) is 4.97. The second-order valence-electron chi connectivity index (χ2n) is 8.43. The molecule has 0 radical (unpaired) electrons. The van der Waals surface area contributed by atoms with Gasteiger partial charge in [-0.25, -0.2) is 8.78 Å². The first kappa shape index (κ1) is 20.3.